The SMILES string of the molecule is COc1cccc(CCNC(=O)CNC(=O)c2cccc(F)c2)c1. The van der Waals surface area contributed by atoms with Gasteiger partial charge in [0.2, 0.25) is 5.91 Å². The van der Waals surface area contributed by atoms with Crippen LogP contribution in [0.4, 0.5) is 4.39 Å². The Hall–Kier alpha value is -2.89. The monoisotopic (exact) mass is 330 g/mol. The van der Waals surface area contributed by atoms with Gasteiger partial charge in [-0.05, 0) is 42.3 Å². The van der Waals surface area contributed by atoms with E-state index in [0.717, 1.165) is 17.4 Å². The Bertz CT molecular complexity index is 719. The number of carbonyl (C=O) groups is 2. The molecule has 0 radical (unpaired) electrons. The number of halogens is 1. The second-order valence-electron chi connectivity index (χ2n) is 5.14. The second kappa shape index (κ2) is 8.67. The van der Waals surface area contributed by atoms with E-state index in [1.807, 2.05) is 24.3 Å². The Morgan fingerprint density at radius 2 is 1.88 bits per heavy atom. The summed E-state index contributed by atoms with van der Waals surface area (Å²) in [7, 11) is 1.60. The van der Waals surface area contributed by atoms with E-state index in [9.17, 15) is 14.0 Å². The molecular formula is C18H19FN2O3. The Balaban J connectivity index is 1.72. The maximum Gasteiger partial charge on any atom is 0.251 e. The van der Waals surface area contributed by atoms with Crippen LogP contribution in [-0.4, -0.2) is 32.0 Å². The molecule has 0 aromatic heterocycles. The molecule has 0 atom stereocenters. The van der Waals surface area contributed by atoms with Gasteiger partial charge in [-0.15, -0.1) is 0 Å². The molecule has 0 saturated heterocycles. The van der Waals surface area contributed by atoms with Crippen molar-refractivity contribution in [3.05, 3.63) is 65.5 Å². The van der Waals surface area contributed by atoms with Crippen molar-refractivity contribution in [2.24, 2.45) is 0 Å². The van der Waals surface area contributed by atoms with Crippen LogP contribution in [0.5, 0.6) is 5.75 Å². The molecule has 2 amide bonds. The lowest BCUT2D eigenvalue weighted by Gasteiger charge is -2.08. The molecule has 0 aliphatic heterocycles. The molecule has 126 valence electrons. The number of hydrogen-bond acceptors (Lipinski definition) is 3. The quantitative estimate of drug-likeness (QED) is 0.815. The van der Waals surface area contributed by atoms with Crippen LogP contribution in [0.15, 0.2) is 48.5 Å². The first-order valence-electron chi connectivity index (χ1n) is 7.52. The van der Waals surface area contributed by atoms with Crippen LogP contribution in [0.2, 0.25) is 0 Å². The van der Waals surface area contributed by atoms with E-state index in [2.05, 4.69) is 10.6 Å². The van der Waals surface area contributed by atoms with Gasteiger partial charge in [0, 0.05) is 12.1 Å². The van der Waals surface area contributed by atoms with Crippen molar-refractivity contribution in [3.8, 4) is 5.75 Å². The van der Waals surface area contributed by atoms with Crippen LogP contribution in [0.25, 0.3) is 0 Å². The molecule has 0 bridgehead atoms. The first-order valence-corrected chi connectivity index (χ1v) is 7.52. The Morgan fingerprint density at radius 3 is 2.62 bits per heavy atom. The summed E-state index contributed by atoms with van der Waals surface area (Å²) in [6.07, 6.45) is 0.654. The zero-order valence-electron chi connectivity index (χ0n) is 13.3. The Labute approximate surface area is 139 Å². The molecule has 2 aromatic carbocycles. The van der Waals surface area contributed by atoms with Crippen LogP contribution >= 0.6 is 0 Å². The lowest BCUT2D eigenvalue weighted by molar-refractivity contribution is -0.120. The lowest BCUT2D eigenvalue weighted by Crippen LogP contribution is -2.37. The predicted molar refractivity (Wildman–Crippen MR) is 88.4 cm³/mol. The van der Waals surface area contributed by atoms with Gasteiger partial charge in [-0.2, -0.15) is 0 Å². The molecule has 0 fully saturated rings. The smallest absolute Gasteiger partial charge is 0.251 e. The number of methoxy groups -OCH3 is 1. The predicted octanol–water partition coefficient (Wildman–Crippen LogP) is 1.92. The van der Waals surface area contributed by atoms with E-state index < -0.39 is 11.7 Å². The van der Waals surface area contributed by atoms with E-state index >= 15 is 0 Å². The van der Waals surface area contributed by atoms with Gasteiger partial charge in [-0.25, -0.2) is 4.39 Å². The molecule has 5 nitrogen and oxygen atoms in total. The number of ether oxygens (including phenoxy) is 1. The van der Waals surface area contributed by atoms with Crippen molar-refractivity contribution in [2.75, 3.05) is 20.2 Å². The van der Waals surface area contributed by atoms with Gasteiger partial charge in [0.05, 0.1) is 13.7 Å². The summed E-state index contributed by atoms with van der Waals surface area (Å²) in [5, 5.41) is 5.17. The Kier molecular flexibility index (Phi) is 6.31. The molecular weight excluding hydrogens is 311 g/mol. The van der Waals surface area contributed by atoms with Gasteiger partial charge >= 0.3 is 0 Å². The summed E-state index contributed by atoms with van der Waals surface area (Å²) in [5.41, 5.74) is 1.22. The third kappa shape index (κ3) is 5.39. The number of carbonyl (C=O) groups excluding carboxylic acids is 2. The first-order chi connectivity index (χ1) is 11.6. The van der Waals surface area contributed by atoms with E-state index in [0.29, 0.717) is 13.0 Å². The summed E-state index contributed by atoms with van der Waals surface area (Å²) in [6.45, 7) is 0.287. The van der Waals surface area contributed by atoms with Crippen molar-refractivity contribution in [1.82, 2.24) is 10.6 Å². The number of rotatable bonds is 7. The van der Waals surface area contributed by atoms with Gasteiger partial charge in [-0.1, -0.05) is 18.2 Å². The summed E-state index contributed by atoms with van der Waals surface area (Å²) in [5.74, 6) is -0.522. The molecule has 6 heteroatoms. The van der Waals surface area contributed by atoms with Crippen LogP contribution in [-0.2, 0) is 11.2 Å². The van der Waals surface area contributed by atoms with Crippen molar-refractivity contribution in [2.45, 2.75) is 6.42 Å². The van der Waals surface area contributed by atoms with Crippen molar-refractivity contribution >= 4 is 11.8 Å². The van der Waals surface area contributed by atoms with Gasteiger partial charge in [0.15, 0.2) is 0 Å². The largest absolute Gasteiger partial charge is 0.497 e. The minimum absolute atomic E-state index is 0.159. The molecule has 2 rings (SSSR count). The molecule has 0 aliphatic rings. The number of benzene rings is 2. The zero-order valence-corrected chi connectivity index (χ0v) is 13.3. The minimum atomic E-state index is -0.495. The average Bonchev–Trinajstić information content (AvgIpc) is 2.60. The molecule has 0 spiro atoms. The minimum Gasteiger partial charge on any atom is -0.497 e. The Morgan fingerprint density at radius 1 is 1.08 bits per heavy atom. The van der Waals surface area contributed by atoms with Gasteiger partial charge in [-0.3, -0.25) is 9.59 Å². The highest BCUT2D eigenvalue weighted by atomic mass is 19.1. The topological polar surface area (TPSA) is 67.4 Å². The van der Waals surface area contributed by atoms with E-state index in [1.54, 1.807) is 7.11 Å². The molecule has 2 N–H and O–H groups in total. The summed E-state index contributed by atoms with van der Waals surface area (Å²) in [6, 6.07) is 12.9. The van der Waals surface area contributed by atoms with Crippen LogP contribution in [0, 0.1) is 5.82 Å². The molecule has 0 aliphatic carbocycles. The fraction of sp³-hybridized carbons (Fsp3) is 0.222. The number of nitrogens with one attached hydrogen (secondary N) is 2. The molecule has 0 unspecified atom stereocenters. The molecule has 0 heterocycles. The third-order valence-corrected chi connectivity index (χ3v) is 3.37. The first kappa shape index (κ1) is 17.5. The van der Waals surface area contributed by atoms with Gasteiger partial charge in [0.25, 0.3) is 5.91 Å². The van der Waals surface area contributed by atoms with Crippen LogP contribution in [0.3, 0.4) is 0 Å². The maximum atomic E-state index is 13.0. The standard InChI is InChI=1S/C18H19FN2O3/c1-24-16-7-2-4-13(10-16)8-9-20-17(22)12-21-18(23)14-5-3-6-15(19)11-14/h2-7,10-11H,8-9,12H2,1H3,(H,20,22)(H,21,23). The lowest BCUT2D eigenvalue weighted by atomic mass is 10.1. The van der Waals surface area contributed by atoms with E-state index in [-0.39, 0.29) is 18.0 Å². The fourth-order valence-electron chi connectivity index (χ4n) is 2.13. The highest BCUT2D eigenvalue weighted by Crippen LogP contribution is 2.12. The molecule has 24 heavy (non-hydrogen) atoms. The second-order valence-corrected chi connectivity index (χ2v) is 5.14. The van der Waals surface area contributed by atoms with E-state index in [1.165, 1.54) is 18.2 Å². The van der Waals surface area contributed by atoms with Gasteiger partial charge < -0.3 is 15.4 Å². The normalized spacial score (nSPS) is 10.1. The maximum absolute atomic E-state index is 13.0. The summed E-state index contributed by atoms with van der Waals surface area (Å²) in [4.78, 5) is 23.5. The van der Waals surface area contributed by atoms with E-state index in [4.69, 9.17) is 4.74 Å². The van der Waals surface area contributed by atoms with Crippen LogP contribution in [0.1, 0.15) is 15.9 Å². The van der Waals surface area contributed by atoms with Gasteiger partial charge in [0.1, 0.15) is 11.6 Å². The zero-order chi connectivity index (χ0) is 17.4. The molecule has 0 saturated carbocycles. The number of hydrogen-bond donors (Lipinski definition) is 2. The average molecular weight is 330 g/mol. The highest BCUT2D eigenvalue weighted by Gasteiger charge is 2.08. The summed E-state index contributed by atoms with van der Waals surface area (Å²) >= 11 is 0. The fourth-order valence-corrected chi connectivity index (χ4v) is 2.13. The summed E-state index contributed by atoms with van der Waals surface area (Å²) < 4.78 is 18.2. The van der Waals surface area contributed by atoms with Crippen molar-refractivity contribution < 1.29 is 18.7 Å². The van der Waals surface area contributed by atoms with Crippen molar-refractivity contribution in [1.29, 1.82) is 0 Å². The van der Waals surface area contributed by atoms with Crippen LogP contribution < -0.4 is 15.4 Å². The van der Waals surface area contributed by atoms with Crippen molar-refractivity contribution in [3.63, 3.8) is 0 Å². The highest BCUT2D eigenvalue weighted by molar-refractivity contribution is 5.96. The number of amides is 2. The third-order valence-electron chi connectivity index (χ3n) is 3.37. The molecule has 2 aromatic rings.